The van der Waals surface area contributed by atoms with Gasteiger partial charge in [-0.1, -0.05) is 24.6 Å². The summed E-state index contributed by atoms with van der Waals surface area (Å²) in [6, 6.07) is 6.30. The summed E-state index contributed by atoms with van der Waals surface area (Å²) < 4.78 is 0.975. The van der Waals surface area contributed by atoms with Gasteiger partial charge in [-0.15, -0.1) is 0 Å². The highest BCUT2D eigenvalue weighted by molar-refractivity contribution is 9.10. The number of benzene rings is 1. The van der Waals surface area contributed by atoms with Crippen LogP contribution in [0.3, 0.4) is 0 Å². The molecule has 0 atom stereocenters. The first-order chi connectivity index (χ1) is 9.69. The quantitative estimate of drug-likeness (QED) is 0.814. The number of hydrogen-bond acceptors (Lipinski definition) is 2. The molecule has 2 rings (SSSR count). The van der Waals surface area contributed by atoms with Crippen LogP contribution in [0, 0.1) is 5.92 Å². The molecule has 0 radical (unpaired) electrons. The summed E-state index contributed by atoms with van der Waals surface area (Å²) >= 11 is 9.65. The van der Waals surface area contributed by atoms with E-state index in [2.05, 4.69) is 45.2 Å². The van der Waals surface area contributed by atoms with E-state index in [9.17, 15) is 0 Å². The van der Waals surface area contributed by atoms with Crippen molar-refractivity contribution < 1.29 is 0 Å². The Balaban J connectivity index is 1.94. The fraction of sp³-hybridized carbons (Fsp3) is 0.625. The molecule has 4 heteroatoms. The summed E-state index contributed by atoms with van der Waals surface area (Å²) in [4.78, 5) is 2.58. The van der Waals surface area contributed by atoms with Crippen LogP contribution in [0.2, 0.25) is 5.02 Å². The lowest BCUT2D eigenvalue weighted by Gasteiger charge is -2.30. The van der Waals surface area contributed by atoms with E-state index in [4.69, 9.17) is 11.6 Å². The summed E-state index contributed by atoms with van der Waals surface area (Å²) in [6.45, 7) is 7.99. The van der Waals surface area contributed by atoms with Crippen molar-refractivity contribution in [2.75, 3.05) is 26.2 Å². The van der Waals surface area contributed by atoms with Gasteiger partial charge >= 0.3 is 0 Å². The van der Waals surface area contributed by atoms with Gasteiger partial charge in [-0.05, 0) is 78.4 Å². The molecule has 0 aromatic heterocycles. The van der Waals surface area contributed by atoms with Crippen molar-refractivity contribution in [2.24, 2.45) is 5.92 Å². The minimum Gasteiger partial charge on any atom is -0.317 e. The zero-order valence-corrected chi connectivity index (χ0v) is 14.5. The van der Waals surface area contributed by atoms with Crippen LogP contribution < -0.4 is 5.32 Å². The lowest BCUT2D eigenvalue weighted by atomic mass is 9.97. The van der Waals surface area contributed by atoms with E-state index in [0.29, 0.717) is 0 Å². The van der Waals surface area contributed by atoms with E-state index in [1.54, 1.807) is 0 Å². The summed E-state index contributed by atoms with van der Waals surface area (Å²) in [5.41, 5.74) is 1.31. The number of hydrogen-bond donors (Lipinski definition) is 1. The second-order valence-electron chi connectivity index (χ2n) is 5.68. The topological polar surface area (TPSA) is 15.3 Å². The van der Waals surface area contributed by atoms with E-state index >= 15 is 0 Å². The van der Waals surface area contributed by atoms with Crippen molar-refractivity contribution >= 4 is 27.5 Å². The first-order valence-corrected chi connectivity index (χ1v) is 8.73. The molecule has 0 spiro atoms. The molecular weight excluding hydrogens is 336 g/mol. The second kappa shape index (κ2) is 8.38. The van der Waals surface area contributed by atoms with Gasteiger partial charge in [0.05, 0.1) is 5.02 Å². The molecule has 1 aromatic carbocycles. The van der Waals surface area contributed by atoms with Gasteiger partial charge in [0, 0.05) is 17.6 Å². The van der Waals surface area contributed by atoms with Crippen LogP contribution >= 0.6 is 27.5 Å². The van der Waals surface area contributed by atoms with Crippen molar-refractivity contribution in [1.29, 1.82) is 0 Å². The summed E-state index contributed by atoms with van der Waals surface area (Å²) in [7, 11) is 0. The van der Waals surface area contributed by atoms with E-state index in [1.807, 2.05) is 6.07 Å². The molecule has 0 bridgehead atoms. The molecule has 1 heterocycles. The van der Waals surface area contributed by atoms with Crippen LogP contribution in [-0.2, 0) is 6.54 Å². The van der Waals surface area contributed by atoms with Crippen molar-refractivity contribution in [1.82, 2.24) is 10.2 Å². The minimum absolute atomic E-state index is 0.806. The SMILES string of the molecule is CCCN(Cc1ccc(Br)c(Cl)c1)CC1CCNCC1. The Morgan fingerprint density at radius 3 is 2.75 bits per heavy atom. The lowest BCUT2D eigenvalue weighted by molar-refractivity contribution is 0.199. The standard InChI is InChI=1S/C16H24BrClN2/c1-2-9-20(11-13-5-7-19-8-6-13)12-14-3-4-15(17)16(18)10-14/h3-4,10,13,19H,2,5-9,11-12H2,1H3. The molecule has 1 fully saturated rings. The molecular formula is C16H24BrClN2. The van der Waals surface area contributed by atoms with Crippen molar-refractivity contribution in [3.63, 3.8) is 0 Å². The molecule has 2 nitrogen and oxygen atoms in total. The number of nitrogens with zero attached hydrogens (tertiary/aromatic N) is 1. The molecule has 1 aliphatic rings. The number of nitrogens with one attached hydrogen (secondary N) is 1. The maximum atomic E-state index is 6.19. The van der Waals surface area contributed by atoms with Gasteiger partial charge in [-0.3, -0.25) is 4.90 Å². The first kappa shape index (κ1) is 16.3. The molecule has 0 unspecified atom stereocenters. The summed E-state index contributed by atoms with van der Waals surface area (Å²) in [5.74, 6) is 0.841. The normalized spacial score (nSPS) is 16.8. The highest BCUT2D eigenvalue weighted by Gasteiger charge is 2.17. The van der Waals surface area contributed by atoms with Gasteiger partial charge in [0.15, 0.2) is 0 Å². The van der Waals surface area contributed by atoms with Crippen LogP contribution in [0.4, 0.5) is 0 Å². The van der Waals surface area contributed by atoms with Crippen molar-refractivity contribution in [3.8, 4) is 0 Å². The average Bonchev–Trinajstić information content (AvgIpc) is 2.44. The fourth-order valence-corrected chi connectivity index (χ4v) is 3.33. The first-order valence-electron chi connectivity index (χ1n) is 7.56. The Morgan fingerprint density at radius 1 is 1.35 bits per heavy atom. The van der Waals surface area contributed by atoms with E-state index < -0.39 is 0 Å². The van der Waals surface area contributed by atoms with Crippen molar-refractivity contribution in [3.05, 3.63) is 33.3 Å². The molecule has 0 aliphatic carbocycles. The largest absolute Gasteiger partial charge is 0.317 e. The third-order valence-electron chi connectivity index (χ3n) is 3.91. The van der Waals surface area contributed by atoms with E-state index in [1.165, 1.54) is 44.5 Å². The Labute approximate surface area is 136 Å². The number of rotatable bonds is 6. The zero-order chi connectivity index (χ0) is 14.4. The number of piperidine rings is 1. The van der Waals surface area contributed by atoms with Crippen molar-refractivity contribution in [2.45, 2.75) is 32.7 Å². The van der Waals surface area contributed by atoms with Crippen LogP contribution in [0.1, 0.15) is 31.7 Å². The van der Waals surface area contributed by atoms with Gasteiger partial charge in [-0.25, -0.2) is 0 Å². The predicted molar refractivity (Wildman–Crippen MR) is 90.3 cm³/mol. The molecule has 0 amide bonds. The van der Waals surface area contributed by atoms with Gasteiger partial charge in [-0.2, -0.15) is 0 Å². The van der Waals surface area contributed by atoms with Gasteiger partial charge in [0.25, 0.3) is 0 Å². The second-order valence-corrected chi connectivity index (χ2v) is 6.94. The summed E-state index contributed by atoms with van der Waals surface area (Å²) in [5, 5.41) is 4.25. The van der Waals surface area contributed by atoms with Gasteiger partial charge in [0.2, 0.25) is 0 Å². The smallest absolute Gasteiger partial charge is 0.0551 e. The van der Waals surface area contributed by atoms with Gasteiger partial charge < -0.3 is 5.32 Å². The monoisotopic (exact) mass is 358 g/mol. The third kappa shape index (κ3) is 5.03. The van der Waals surface area contributed by atoms with E-state index in [0.717, 1.165) is 28.5 Å². The minimum atomic E-state index is 0.806. The Bertz CT molecular complexity index is 419. The predicted octanol–water partition coefficient (Wildman–Crippen LogP) is 4.31. The van der Waals surface area contributed by atoms with Gasteiger partial charge in [0.1, 0.15) is 0 Å². The third-order valence-corrected chi connectivity index (χ3v) is 5.14. The Kier molecular flexibility index (Phi) is 6.82. The van der Waals surface area contributed by atoms with Crippen LogP contribution in [0.5, 0.6) is 0 Å². The Morgan fingerprint density at radius 2 is 2.10 bits per heavy atom. The van der Waals surface area contributed by atoms with Crippen LogP contribution in [-0.4, -0.2) is 31.1 Å². The van der Waals surface area contributed by atoms with Crippen LogP contribution in [0.25, 0.3) is 0 Å². The highest BCUT2D eigenvalue weighted by atomic mass is 79.9. The van der Waals surface area contributed by atoms with E-state index in [-0.39, 0.29) is 0 Å². The average molecular weight is 360 g/mol. The number of halogens is 2. The molecule has 1 saturated heterocycles. The molecule has 1 aromatic rings. The maximum absolute atomic E-state index is 6.19. The zero-order valence-electron chi connectivity index (χ0n) is 12.2. The summed E-state index contributed by atoms with van der Waals surface area (Å²) in [6.07, 6.45) is 3.82. The molecule has 0 saturated carbocycles. The Hall–Kier alpha value is -0.0900. The molecule has 1 N–H and O–H groups in total. The molecule has 1 aliphatic heterocycles. The molecule has 20 heavy (non-hydrogen) atoms. The fourth-order valence-electron chi connectivity index (χ4n) is 2.88. The molecule has 112 valence electrons. The highest BCUT2D eigenvalue weighted by Crippen LogP contribution is 2.24. The lowest BCUT2D eigenvalue weighted by Crippen LogP contribution is -2.36. The van der Waals surface area contributed by atoms with Crippen LogP contribution in [0.15, 0.2) is 22.7 Å². The maximum Gasteiger partial charge on any atom is 0.0551 e.